The molecule has 0 saturated carbocycles. The van der Waals surface area contributed by atoms with E-state index in [0.29, 0.717) is 12.8 Å². The van der Waals surface area contributed by atoms with Gasteiger partial charge in [-0.25, -0.2) is 0 Å². The van der Waals surface area contributed by atoms with Gasteiger partial charge in [-0.1, -0.05) is 20.3 Å². The lowest BCUT2D eigenvalue weighted by molar-refractivity contribution is -0.146. The molecule has 0 saturated heterocycles. The highest BCUT2D eigenvalue weighted by molar-refractivity contribution is 5.75. The molecule has 4 heteroatoms. The van der Waals surface area contributed by atoms with E-state index in [-0.39, 0.29) is 18.5 Å². The van der Waals surface area contributed by atoms with Crippen LogP contribution in [0, 0.1) is 5.92 Å². The maximum atomic E-state index is 11.3. The van der Waals surface area contributed by atoms with Gasteiger partial charge in [0.2, 0.25) is 0 Å². The summed E-state index contributed by atoms with van der Waals surface area (Å²) in [7, 11) is 0. The average Bonchev–Trinajstić information content (AvgIpc) is 2.21. The van der Waals surface area contributed by atoms with Crippen LogP contribution in [0.5, 0.6) is 0 Å². The van der Waals surface area contributed by atoms with E-state index in [2.05, 4.69) is 0 Å². The summed E-state index contributed by atoms with van der Waals surface area (Å²) in [6, 6.07) is -0.545. The molecule has 82 valence electrons. The molecule has 0 aliphatic rings. The smallest absolute Gasteiger partial charge is 0.323 e. The summed E-state index contributed by atoms with van der Waals surface area (Å²) in [5, 5.41) is 0. The maximum Gasteiger partial charge on any atom is 0.323 e. The molecule has 0 rings (SSSR count). The molecule has 4 nitrogen and oxygen atoms in total. The lowest BCUT2D eigenvalue weighted by Gasteiger charge is -2.16. The summed E-state index contributed by atoms with van der Waals surface area (Å²) in [5.41, 5.74) is 5.64. The van der Waals surface area contributed by atoms with Crippen LogP contribution in [0.25, 0.3) is 0 Å². The zero-order valence-corrected chi connectivity index (χ0v) is 8.86. The van der Waals surface area contributed by atoms with E-state index >= 15 is 0 Å². The second kappa shape index (κ2) is 7.50. The molecule has 2 N–H and O–H groups in total. The van der Waals surface area contributed by atoms with E-state index in [4.69, 9.17) is 10.5 Å². The van der Waals surface area contributed by atoms with Gasteiger partial charge in [-0.2, -0.15) is 0 Å². The molecule has 0 spiro atoms. The van der Waals surface area contributed by atoms with Crippen LogP contribution in [-0.4, -0.2) is 24.9 Å². The predicted octanol–water partition coefficient (Wildman–Crippen LogP) is 0.882. The van der Waals surface area contributed by atoms with Gasteiger partial charge in [0.25, 0.3) is 0 Å². The van der Waals surface area contributed by atoms with Crippen LogP contribution in [0.3, 0.4) is 0 Å². The Bertz CT molecular complexity index is 182. The molecule has 0 aromatic heterocycles. The Morgan fingerprint density at radius 1 is 1.57 bits per heavy atom. The summed E-state index contributed by atoms with van der Waals surface area (Å²) in [5.74, 6) is -0.237. The standard InChI is InChI=1S/C10H19NO3/c1-3-8(2)9(11)10(13)14-7-5-4-6-12/h6,8-9H,3-5,7,11H2,1-2H3/t8?,9-/m0/s1. The van der Waals surface area contributed by atoms with Gasteiger partial charge in [0.05, 0.1) is 6.61 Å². The highest BCUT2D eigenvalue weighted by Crippen LogP contribution is 2.06. The van der Waals surface area contributed by atoms with Crippen molar-refractivity contribution in [2.45, 2.75) is 39.2 Å². The highest BCUT2D eigenvalue weighted by atomic mass is 16.5. The van der Waals surface area contributed by atoms with Crippen molar-refractivity contribution in [3.63, 3.8) is 0 Å². The van der Waals surface area contributed by atoms with Gasteiger partial charge in [-0.3, -0.25) is 4.79 Å². The minimum Gasteiger partial charge on any atom is -0.465 e. The average molecular weight is 201 g/mol. The van der Waals surface area contributed by atoms with Crippen molar-refractivity contribution in [2.24, 2.45) is 11.7 Å². The summed E-state index contributed by atoms with van der Waals surface area (Å²) < 4.78 is 4.91. The van der Waals surface area contributed by atoms with Crippen molar-refractivity contribution < 1.29 is 14.3 Å². The fourth-order valence-corrected chi connectivity index (χ4v) is 0.922. The summed E-state index contributed by atoms with van der Waals surface area (Å²) in [6.45, 7) is 4.17. The first-order chi connectivity index (χ1) is 6.63. The molecule has 14 heavy (non-hydrogen) atoms. The molecule has 0 amide bonds. The molecule has 0 aliphatic carbocycles. The van der Waals surface area contributed by atoms with Crippen molar-refractivity contribution in [1.29, 1.82) is 0 Å². The normalized spacial score (nSPS) is 14.5. The number of hydrogen-bond donors (Lipinski definition) is 1. The van der Waals surface area contributed by atoms with Crippen molar-refractivity contribution in [1.82, 2.24) is 0 Å². The van der Waals surface area contributed by atoms with Crippen LogP contribution in [0.15, 0.2) is 0 Å². The fraction of sp³-hybridized carbons (Fsp3) is 0.800. The fourth-order valence-electron chi connectivity index (χ4n) is 0.922. The molecule has 0 heterocycles. The SMILES string of the molecule is CCC(C)[C@H](N)C(=O)OCCCC=O. The predicted molar refractivity (Wildman–Crippen MR) is 53.7 cm³/mol. The topological polar surface area (TPSA) is 69.4 Å². The van der Waals surface area contributed by atoms with Crippen molar-refractivity contribution >= 4 is 12.3 Å². The van der Waals surface area contributed by atoms with Gasteiger partial charge in [0, 0.05) is 6.42 Å². The third-order valence-electron chi connectivity index (χ3n) is 2.24. The summed E-state index contributed by atoms with van der Waals surface area (Å²) in [4.78, 5) is 21.2. The van der Waals surface area contributed by atoms with E-state index in [1.165, 1.54) is 0 Å². The molecular formula is C10H19NO3. The van der Waals surface area contributed by atoms with Crippen molar-refractivity contribution in [2.75, 3.05) is 6.61 Å². The van der Waals surface area contributed by atoms with Gasteiger partial charge in [-0.15, -0.1) is 0 Å². The first-order valence-electron chi connectivity index (χ1n) is 4.99. The molecule has 0 radical (unpaired) electrons. The van der Waals surface area contributed by atoms with Crippen LogP contribution in [0.1, 0.15) is 33.1 Å². The van der Waals surface area contributed by atoms with Crippen molar-refractivity contribution in [3.8, 4) is 0 Å². The van der Waals surface area contributed by atoms with Gasteiger partial charge in [0.15, 0.2) is 0 Å². The Kier molecular flexibility index (Phi) is 7.02. The van der Waals surface area contributed by atoms with E-state index in [0.717, 1.165) is 12.7 Å². The molecule has 0 aromatic carbocycles. The summed E-state index contributed by atoms with van der Waals surface area (Å²) >= 11 is 0. The third-order valence-corrected chi connectivity index (χ3v) is 2.24. The second-order valence-electron chi connectivity index (χ2n) is 3.39. The highest BCUT2D eigenvalue weighted by Gasteiger charge is 2.20. The quantitative estimate of drug-likeness (QED) is 0.377. The second-order valence-corrected chi connectivity index (χ2v) is 3.39. The zero-order chi connectivity index (χ0) is 11.0. The number of ether oxygens (including phenoxy) is 1. The number of unbranched alkanes of at least 4 members (excludes halogenated alkanes) is 1. The molecular weight excluding hydrogens is 182 g/mol. The van der Waals surface area contributed by atoms with Crippen LogP contribution < -0.4 is 5.73 Å². The van der Waals surface area contributed by atoms with E-state index in [1.54, 1.807) is 0 Å². The molecule has 1 unspecified atom stereocenters. The largest absolute Gasteiger partial charge is 0.465 e. The molecule has 0 aromatic rings. The third kappa shape index (κ3) is 4.97. The minimum atomic E-state index is -0.545. The first kappa shape index (κ1) is 13.1. The zero-order valence-electron chi connectivity index (χ0n) is 8.86. The lowest BCUT2D eigenvalue weighted by Crippen LogP contribution is -2.38. The molecule has 0 aliphatic heterocycles. The van der Waals surface area contributed by atoms with Crippen molar-refractivity contribution in [3.05, 3.63) is 0 Å². The first-order valence-corrected chi connectivity index (χ1v) is 4.99. The Morgan fingerprint density at radius 3 is 2.71 bits per heavy atom. The Labute approximate surface area is 84.8 Å². The Morgan fingerprint density at radius 2 is 2.21 bits per heavy atom. The molecule has 2 atom stereocenters. The minimum absolute atomic E-state index is 0.133. The molecule has 0 bridgehead atoms. The number of carbonyl (C=O) groups excluding carboxylic acids is 2. The molecule has 0 fully saturated rings. The number of esters is 1. The van der Waals surface area contributed by atoms with Gasteiger partial charge < -0.3 is 15.3 Å². The summed E-state index contributed by atoms with van der Waals surface area (Å²) in [6.07, 6.45) is 2.65. The van der Waals surface area contributed by atoms with E-state index in [1.807, 2.05) is 13.8 Å². The lowest BCUT2D eigenvalue weighted by atomic mass is 10.0. The van der Waals surface area contributed by atoms with Crippen LogP contribution in [0.2, 0.25) is 0 Å². The van der Waals surface area contributed by atoms with Gasteiger partial charge in [0.1, 0.15) is 12.3 Å². The number of hydrogen-bond acceptors (Lipinski definition) is 4. The number of aldehydes is 1. The monoisotopic (exact) mass is 201 g/mol. The van der Waals surface area contributed by atoms with Crippen LogP contribution in [-0.2, 0) is 14.3 Å². The Hall–Kier alpha value is -0.900. The van der Waals surface area contributed by atoms with Gasteiger partial charge in [-0.05, 0) is 12.3 Å². The van der Waals surface area contributed by atoms with Crippen LogP contribution >= 0.6 is 0 Å². The number of nitrogens with two attached hydrogens (primary N) is 1. The maximum absolute atomic E-state index is 11.3. The van der Waals surface area contributed by atoms with E-state index in [9.17, 15) is 9.59 Å². The number of rotatable bonds is 7. The number of carbonyl (C=O) groups is 2. The van der Waals surface area contributed by atoms with Crippen LogP contribution in [0.4, 0.5) is 0 Å². The van der Waals surface area contributed by atoms with Gasteiger partial charge >= 0.3 is 5.97 Å². The Balaban J connectivity index is 3.67. The van der Waals surface area contributed by atoms with E-state index < -0.39 is 6.04 Å².